The van der Waals surface area contributed by atoms with Gasteiger partial charge in [0.2, 0.25) is 0 Å². The molecule has 0 bridgehead atoms. The lowest BCUT2D eigenvalue weighted by atomic mass is 10.1. The molecular formula is C22H22O5. The van der Waals surface area contributed by atoms with Gasteiger partial charge in [-0.05, 0) is 66.8 Å². The first-order valence-corrected chi connectivity index (χ1v) is 9.06. The van der Waals surface area contributed by atoms with Crippen LogP contribution in [0.1, 0.15) is 41.6 Å². The normalized spacial score (nSPS) is 14.4. The average Bonchev–Trinajstić information content (AvgIpc) is 3.20. The largest absolute Gasteiger partial charge is 0.508 e. The van der Waals surface area contributed by atoms with Crippen molar-refractivity contribution in [2.24, 2.45) is 5.92 Å². The van der Waals surface area contributed by atoms with Crippen molar-refractivity contribution in [1.29, 1.82) is 0 Å². The lowest BCUT2D eigenvalue weighted by Crippen LogP contribution is -2.09. The summed E-state index contributed by atoms with van der Waals surface area (Å²) in [6, 6.07) is 12.6. The molecule has 0 saturated heterocycles. The fourth-order valence-corrected chi connectivity index (χ4v) is 3.00. The maximum absolute atomic E-state index is 12.1. The zero-order valence-corrected chi connectivity index (χ0v) is 15.0. The molecular weight excluding hydrogens is 344 g/mol. The van der Waals surface area contributed by atoms with Crippen LogP contribution in [0.15, 0.2) is 54.6 Å². The van der Waals surface area contributed by atoms with Crippen molar-refractivity contribution >= 4 is 18.0 Å². The van der Waals surface area contributed by atoms with E-state index in [0.717, 1.165) is 18.4 Å². The van der Waals surface area contributed by atoms with Crippen molar-refractivity contribution < 1.29 is 24.2 Å². The Kier molecular flexibility index (Phi) is 6.26. The number of ether oxygens (including phenoxy) is 2. The Hall–Kier alpha value is -3.08. The second-order valence-corrected chi connectivity index (χ2v) is 6.62. The maximum atomic E-state index is 12.1. The maximum Gasteiger partial charge on any atom is 0.343 e. The van der Waals surface area contributed by atoms with Gasteiger partial charge in [-0.15, -0.1) is 0 Å². The number of aromatic hydroxyl groups is 1. The molecule has 0 atom stereocenters. The van der Waals surface area contributed by atoms with Gasteiger partial charge in [-0.25, -0.2) is 9.59 Å². The quantitative estimate of drug-likeness (QED) is 0.467. The lowest BCUT2D eigenvalue weighted by Gasteiger charge is -2.08. The molecule has 27 heavy (non-hydrogen) atoms. The van der Waals surface area contributed by atoms with Gasteiger partial charge >= 0.3 is 11.9 Å². The summed E-state index contributed by atoms with van der Waals surface area (Å²) in [5.74, 6) is 0.116. The van der Waals surface area contributed by atoms with Gasteiger partial charge in [-0.2, -0.15) is 0 Å². The summed E-state index contributed by atoms with van der Waals surface area (Å²) in [6.45, 7) is 0.491. The third-order valence-corrected chi connectivity index (χ3v) is 4.54. The first-order valence-electron chi connectivity index (χ1n) is 9.06. The molecule has 2 aromatic carbocycles. The molecule has 0 spiro atoms. The highest BCUT2D eigenvalue weighted by atomic mass is 16.5. The molecule has 3 rings (SSSR count). The molecule has 1 aliphatic rings. The first kappa shape index (κ1) is 18.7. The molecule has 0 unspecified atom stereocenters. The minimum absolute atomic E-state index is 0.104. The molecule has 0 aromatic heterocycles. The molecule has 1 fully saturated rings. The second-order valence-electron chi connectivity index (χ2n) is 6.62. The van der Waals surface area contributed by atoms with Crippen molar-refractivity contribution in [1.82, 2.24) is 0 Å². The Bertz CT molecular complexity index is 800. The van der Waals surface area contributed by atoms with E-state index in [2.05, 4.69) is 0 Å². The molecule has 1 N–H and O–H groups in total. The standard InChI is InChI=1S/C22H22O5/c23-19-10-12-20(13-11-19)27-22(25)18-8-5-16(6-9-18)7-14-21(24)26-15-17-3-1-2-4-17/h5-14,17,23H,1-4,15H2/b14-7+. The van der Waals surface area contributed by atoms with E-state index in [1.807, 2.05) is 0 Å². The fraction of sp³-hybridized carbons (Fsp3) is 0.273. The summed E-state index contributed by atoms with van der Waals surface area (Å²) in [7, 11) is 0. The molecule has 5 heteroatoms. The molecule has 2 aromatic rings. The summed E-state index contributed by atoms with van der Waals surface area (Å²) in [6.07, 6.45) is 7.78. The Morgan fingerprint density at radius 2 is 1.67 bits per heavy atom. The van der Waals surface area contributed by atoms with Gasteiger partial charge in [0, 0.05) is 6.08 Å². The predicted molar refractivity (Wildman–Crippen MR) is 101 cm³/mol. The van der Waals surface area contributed by atoms with Crippen LogP contribution in [-0.2, 0) is 9.53 Å². The number of carbonyl (C=O) groups excluding carboxylic acids is 2. The molecule has 140 valence electrons. The Morgan fingerprint density at radius 1 is 1.00 bits per heavy atom. The Balaban J connectivity index is 1.50. The SMILES string of the molecule is O=C(/C=C/c1ccc(C(=O)Oc2ccc(O)cc2)cc1)OCC1CCCC1. The minimum atomic E-state index is -0.493. The summed E-state index contributed by atoms with van der Waals surface area (Å²) in [5.41, 5.74) is 1.18. The number of hydrogen-bond donors (Lipinski definition) is 1. The van der Waals surface area contributed by atoms with E-state index in [-0.39, 0.29) is 11.7 Å². The summed E-state index contributed by atoms with van der Waals surface area (Å²) in [4.78, 5) is 23.9. The Morgan fingerprint density at radius 3 is 2.33 bits per heavy atom. The number of hydrogen-bond acceptors (Lipinski definition) is 5. The van der Waals surface area contributed by atoms with Crippen LogP contribution in [0.4, 0.5) is 0 Å². The van der Waals surface area contributed by atoms with Crippen LogP contribution in [0.25, 0.3) is 6.08 Å². The van der Waals surface area contributed by atoms with Crippen molar-refractivity contribution in [2.75, 3.05) is 6.61 Å². The highest BCUT2D eigenvalue weighted by Gasteiger charge is 2.16. The van der Waals surface area contributed by atoms with Crippen LogP contribution in [0.5, 0.6) is 11.5 Å². The van der Waals surface area contributed by atoms with Gasteiger partial charge in [-0.1, -0.05) is 25.0 Å². The van der Waals surface area contributed by atoms with E-state index < -0.39 is 5.97 Å². The molecule has 0 amide bonds. The highest BCUT2D eigenvalue weighted by Crippen LogP contribution is 2.24. The number of carbonyl (C=O) groups is 2. The Labute approximate surface area is 158 Å². The van der Waals surface area contributed by atoms with E-state index in [1.165, 1.54) is 43.2 Å². The van der Waals surface area contributed by atoms with Crippen molar-refractivity contribution in [3.05, 3.63) is 65.7 Å². The zero-order chi connectivity index (χ0) is 19.1. The lowest BCUT2D eigenvalue weighted by molar-refractivity contribution is -0.138. The number of phenolic OH excluding ortho intramolecular Hbond substituents is 1. The van der Waals surface area contributed by atoms with E-state index in [1.54, 1.807) is 30.3 Å². The fourth-order valence-electron chi connectivity index (χ4n) is 3.00. The molecule has 1 aliphatic carbocycles. The molecule has 5 nitrogen and oxygen atoms in total. The van der Waals surface area contributed by atoms with Crippen LogP contribution in [-0.4, -0.2) is 23.7 Å². The topological polar surface area (TPSA) is 72.8 Å². The molecule has 0 radical (unpaired) electrons. The van der Waals surface area contributed by atoms with E-state index in [9.17, 15) is 14.7 Å². The monoisotopic (exact) mass is 366 g/mol. The van der Waals surface area contributed by atoms with Crippen molar-refractivity contribution in [3.63, 3.8) is 0 Å². The predicted octanol–water partition coefficient (Wildman–Crippen LogP) is 4.36. The highest BCUT2D eigenvalue weighted by molar-refractivity contribution is 5.91. The summed E-state index contributed by atoms with van der Waals surface area (Å²) >= 11 is 0. The van der Waals surface area contributed by atoms with Gasteiger partial charge in [0.25, 0.3) is 0 Å². The molecule has 0 heterocycles. The van der Waals surface area contributed by atoms with Crippen LogP contribution in [0, 0.1) is 5.92 Å². The van der Waals surface area contributed by atoms with Crippen molar-refractivity contribution in [2.45, 2.75) is 25.7 Å². The number of rotatable bonds is 6. The van der Waals surface area contributed by atoms with E-state index in [0.29, 0.717) is 23.8 Å². The zero-order valence-electron chi connectivity index (χ0n) is 15.0. The average molecular weight is 366 g/mol. The van der Waals surface area contributed by atoms with Gasteiger partial charge in [0.05, 0.1) is 12.2 Å². The van der Waals surface area contributed by atoms with Gasteiger partial charge in [-0.3, -0.25) is 0 Å². The third kappa shape index (κ3) is 5.71. The van der Waals surface area contributed by atoms with Crippen molar-refractivity contribution in [3.8, 4) is 11.5 Å². The second kappa shape index (κ2) is 9.03. The van der Waals surface area contributed by atoms with Crippen LogP contribution < -0.4 is 4.74 Å². The van der Waals surface area contributed by atoms with Gasteiger partial charge in [0.15, 0.2) is 0 Å². The molecule has 1 saturated carbocycles. The number of benzene rings is 2. The number of esters is 2. The minimum Gasteiger partial charge on any atom is -0.508 e. The molecule has 0 aliphatic heterocycles. The third-order valence-electron chi connectivity index (χ3n) is 4.54. The van der Waals surface area contributed by atoms with E-state index in [4.69, 9.17) is 9.47 Å². The smallest absolute Gasteiger partial charge is 0.343 e. The van der Waals surface area contributed by atoms with E-state index >= 15 is 0 Å². The van der Waals surface area contributed by atoms with Crippen LogP contribution >= 0.6 is 0 Å². The van der Waals surface area contributed by atoms with Gasteiger partial charge < -0.3 is 14.6 Å². The summed E-state index contributed by atoms with van der Waals surface area (Å²) < 4.78 is 10.5. The summed E-state index contributed by atoms with van der Waals surface area (Å²) in [5, 5.41) is 9.24. The van der Waals surface area contributed by atoms with Gasteiger partial charge in [0.1, 0.15) is 11.5 Å². The first-order chi connectivity index (χ1) is 13.1. The van der Waals surface area contributed by atoms with Crippen LogP contribution in [0.3, 0.4) is 0 Å². The van der Waals surface area contributed by atoms with Crippen LogP contribution in [0.2, 0.25) is 0 Å². The number of phenols is 1.